The number of rotatable bonds is 4. The molecule has 0 saturated heterocycles. The quantitative estimate of drug-likeness (QED) is 0.901. The number of amides is 1. The molecule has 2 rings (SSSR count). The Balaban J connectivity index is 2.03. The fraction of sp³-hybridized carbons (Fsp3) is 0.533. The standard InChI is InChI=1S/C15H22N2O2/c1-10(2)17(3)15(18)9-19-14-6-4-5-11-12(14)7-8-13(11)16/h4-6,10,13H,7-9,16H2,1-3H3. The molecular weight excluding hydrogens is 240 g/mol. The molecule has 1 atom stereocenters. The zero-order valence-electron chi connectivity index (χ0n) is 11.8. The summed E-state index contributed by atoms with van der Waals surface area (Å²) in [5, 5.41) is 0. The van der Waals surface area contributed by atoms with Crippen LogP contribution in [-0.2, 0) is 11.2 Å². The molecule has 0 aliphatic heterocycles. The van der Waals surface area contributed by atoms with Gasteiger partial charge in [-0.05, 0) is 43.9 Å². The predicted molar refractivity (Wildman–Crippen MR) is 75.1 cm³/mol. The number of nitrogens with two attached hydrogens (primary N) is 1. The summed E-state index contributed by atoms with van der Waals surface area (Å²) in [4.78, 5) is 13.6. The van der Waals surface area contributed by atoms with Crippen molar-refractivity contribution in [3.05, 3.63) is 29.3 Å². The van der Waals surface area contributed by atoms with Crippen molar-refractivity contribution in [1.82, 2.24) is 4.90 Å². The summed E-state index contributed by atoms with van der Waals surface area (Å²) in [7, 11) is 1.79. The monoisotopic (exact) mass is 262 g/mol. The van der Waals surface area contributed by atoms with E-state index in [4.69, 9.17) is 10.5 Å². The number of benzene rings is 1. The molecule has 1 aromatic carbocycles. The third-order valence-corrected chi connectivity index (χ3v) is 3.79. The molecule has 0 saturated carbocycles. The van der Waals surface area contributed by atoms with Crippen LogP contribution >= 0.6 is 0 Å². The largest absolute Gasteiger partial charge is 0.483 e. The molecule has 0 bridgehead atoms. The highest BCUT2D eigenvalue weighted by Gasteiger charge is 2.22. The fourth-order valence-corrected chi connectivity index (χ4v) is 2.32. The molecule has 4 nitrogen and oxygen atoms in total. The number of hydrogen-bond acceptors (Lipinski definition) is 3. The molecule has 2 N–H and O–H groups in total. The van der Waals surface area contributed by atoms with E-state index in [0.29, 0.717) is 0 Å². The van der Waals surface area contributed by atoms with Gasteiger partial charge in [0.05, 0.1) is 0 Å². The molecule has 19 heavy (non-hydrogen) atoms. The van der Waals surface area contributed by atoms with Crippen LogP contribution in [0.25, 0.3) is 0 Å². The molecule has 0 spiro atoms. The molecule has 4 heteroatoms. The van der Waals surface area contributed by atoms with Gasteiger partial charge in [0.1, 0.15) is 5.75 Å². The van der Waals surface area contributed by atoms with Crippen molar-refractivity contribution in [3.8, 4) is 5.75 Å². The molecule has 104 valence electrons. The maximum absolute atomic E-state index is 11.9. The van der Waals surface area contributed by atoms with Crippen molar-refractivity contribution in [2.75, 3.05) is 13.7 Å². The molecule has 1 unspecified atom stereocenters. The van der Waals surface area contributed by atoms with E-state index >= 15 is 0 Å². The van der Waals surface area contributed by atoms with Gasteiger partial charge in [0, 0.05) is 19.1 Å². The summed E-state index contributed by atoms with van der Waals surface area (Å²) < 4.78 is 5.68. The predicted octanol–water partition coefficient (Wildman–Crippen LogP) is 1.88. The molecule has 0 aromatic heterocycles. The van der Waals surface area contributed by atoms with Crippen LogP contribution in [0.5, 0.6) is 5.75 Å². The zero-order chi connectivity index (χ0) is 14.0. The number of nitrogens with zero attached hydrogens (tertiary/aromatic N) is 1. The summed E-state index contributed by atoms with van der Waals surface area (Å²) in [5.41, 5.74) is 8.35. The average Bonchev–Trinajstić information content (AvgIpc) is 2.77. The highest BCUT2D eigenvalue weighted by atomic mass is 16.5. The topological polar surface area (TPSA) is 55.6 Å². The Morgan fingerprint density at radius 2 is 2.26 bits per heavy atom. The van der Waals surface area contributed by atoms with E-state index in [-0.39, 0.29) is 24.6 Å². The number of likely N-dealkylation sites (N-methyl/N-ethyl adjacent to an activating group) is 1. The number of fused-ring (bicyclic) bond motifs is 1. The van der Waals surface area contributed by atoms with E-state index in [0.717, 1.165) is 29.7 Å². The number of carbonyl (C=O) groups is 1. The van der Waals surface area contributed by atoms with Gasteiger partial charge < -0.3 is 15.4 Å². The van der Waals surface area contributed by atoms with Gasteiger partial charge in [-0.15, -0.1) is 0 Å². The van der Waals surface area contributed by atoms with Crippen molar-refractivity contribution in [3.63, 3.8) is 0 Å². The van der Waals surface area contributed by atoms with Crippen LogP contribution in [0.1, 0.15) is 37.4 Å². The van der Waals surface area contributed by atoms with Gasteiger partial charge in [0.25, 0.3) is 5.91 Å². The molecule has 1 aliphatic rings. The minimum Gasteiger partial charge on any atom is -0.483 e. The van der Waals surface area contributed by atoms with Crippen LogP contribution in [0, 0.1) is 0 Å². The number of ether oxygens (including phenoxy) is 1. The van der Waals surface area contributed by atoms with Crippen LogP contribution < -0.4 is 10.5 Å². The highest BCUT2D eigenvalue weighted by molar-refractivity contribution is 5.77. The summed E-state index contributed by atoms with van der Waals surface area (Å²) in [5.74, 6) is 0.797. The second kappa shape index (κ2) is 5.61. The molecular formula is C15H22N2O2. The van der Waals surface area contributed by atoms with Gasteiger partial charge in [0.2, 0.25) is 0 Å². The Hall–Kier alpha value is -1.55. The zero-order valence-corrected chi connectivity index (χ0v) is 11.8. The maximum atomic E-state index is 11.9. The normalized spacial score (nSPS) is 17.4. The second-order valence-corrected chi connectivity index (χ2v) is 5.36. The fourth-order valence-electron chi connectivity index (χ4n) is 2.32. The SMILES string of the molecule is CC(C)N(C)C(=O)COc1cccc2c1CCC2N. The summed E-state index contributed by atoms with van der Waals surface area (Å²) in [6, 6.07) is 6.19. The van der Waals surface area contributed by atoms with Crippen molar-refractivity contribution in [2.24, 2.45) is 5.73 Å². The van der Waals surface area contributed by atoms with Crippen LogP contribution in [0.3, 0.4) is 0 Å². The van der Waals surface area contributed by atoms with Crippen LogP contribution in [0.15, 0.2) is 18.2 Å². The lowest BCUT2D eigenvalue weighted by Gasteiger charge is -2.21. The molecule has 1 aliphatic carbocycles. The lowest BCUT2D eigenvalue weighted by Crippen LogP contribution is -2.36. The Morgan fingerprint density at radius 1 is 1.53 bits per heavy atom. The molecule has 0 heterocycles. The van der Waals surface area contributed by atoms with E-state index in [9.17, 15) is 4.79 Å². The van der Waals surface area contributed by atoms with Gasteiger partial charge >= 0.3 is 0 Å². The van der Waals surface area contributed by atoms with E-state index in [1.54, 1.807) is 11.9 Å². The van der Waals surface area contributed by atoms with Gasteiger partial charge in [-0.2, -0.15) is 0 Å². The minimum atomic E-state index is -0.00472. The molecule has 0 radical (unpaired) electrons. The lowest BCUT2D eigenvalue weighted by atomic mass is 10.1. The smallest absolute Gasteiger partial charge is 0.260 e. The van der Waals surface area contributed by atoms with Gasteiger partial charge in [-0.3, -0.25) is 4.79 Å². The summed E-state index contributed by atoms with van der Waals surface area (Å²) >= 11 is 0. The first kappa shape index (κ1) is 13.9. The van der Waals surface area contributed by atoms with E-state index < -0.39 is 0 Å². The maximum Gasteiger partial charge on any atom is 0.260 e. The summed E-state index contributed by atoms with van der Waals surface area (Å²) in [6.07, 6.45) is 1.89. The van der Waals surface area contributed by atoms with Gasteiger partial charge in [-0.25, -0.2) is 0 Å². The van der Waals surface area contributed by atoms with Crippen LogP contribution in [-0.4, -0.2) is 30.5 Å². The van der Waals surface area contributed by atoms with Crippen molar-refractivity contribution in [1.29, 1.82) is 0 Å². The van der Waals surface area contributed by atoms with Crippen molar-refractivity contribution >= 4 is 5.91 Å². The number of hydrogen-bond donors (Lipinski definition) is 1. The Morgan fingerprint density at radius 3 is 2.95 bits per heavy atom. The van der Waals surface area contributed by atoms with Crippen LogP contribution in [0.2, 0.25) is 0 Å². The van der Waals surface area contributed by atoms with E-state index in [1.165, 1.54) is 0 Å². The Bertz CT molecular complexity index is 471. The van der Waals surface area contributed by atoms with Crippen LogP contribution in [0.4, 0.5) is 0 Å². The molecule has 1 amide bonds. The van der Waals surface area contributed by atoms with Gasteiger partial charge in [-0.1, -0.05) is 12.1 Å². The Kier molecular flexibility index (Phi) is 4.10. The van der Waals surface area contributed by atoms with Crippen molar-refractivity contribution in [2.45, 2.75) is 38.8 Å². The second-order valence-electron chi connectivity index (χ2n) is 5.36. The third kappa shape index (κ3) is 2.89. The van der Waals surface area contributed by atoms with Gasteiger partial charge in [0.15, 0.2) is 6.61 Å². The first-order valence-electron chi connectivity index (χ1n) is 6.76. The minimum absolute atomic E-state index is 0.00472. The highest BCUT2D eigenvalue weighted by Crippen LogP contribution is 2.35. The molecule has 1 aromatic rings. The summed E-state index contributed by atoms with van der Waals surface area (Å²) in [6.45, 7) is 4.05. The first-order chi connectivity index (χ1) is 9.00. The Labute approximate surface area is 114 Å². The van der Waals surface area contributed by atoms with E-state index in [1.807, 2.05) is 32.0 Å². The van der Waals surface area contributed by atoms with Crippen molar-refractivity contribution < 1.29 is 9.53 Å². The third-order valence-electron chi connectivity index (χ3n) is 3.79. The average molecular weight is 262 g/mol. The molecule has 0 fully saturated rings. The van der Waals surface area contributed by atoms with E-state index in [2.05, 4.69) is 0 Å². The first-order valence-corrected chi connectivity index (χ1v) is 6.76. The number of carbonyl (C=O) groups excluding carboxylic acids is 1. The lowest BCUT2D eigenvalue weighted by molar-refractivity contribution is -0.133.